The predicted molar refractivity (Wildman–Crippen MR) is 59.1 cm³/mol. The third-order valence-corrected chi connectivity index (χ3v) is 1.96. The molecule has 0 aliphatic rings. The second-order valence-electron chi connectivity index (χ2n) is 3.36. The molecule has 0 amide bonds. The first-order valence-electron chi connectivity index (χ1n) is 4.69. The summed E-state index contributed by atoms with van der Waals surface area (Å²) in [5.74, 6) is 0. The van der Waals surface area contributed by atoms with Crippen LogP contribution in [-0.2, 0) is 6.42 Å². The number of hydrogen-bond acceptors (Lipinski definition) is 1. The maximum absolute atomic E-state index is 3.84. The average molecular weight is 175 g/mol. The smallest absolute Gasteiger partial charge is 0.0354 e. The van der Waals surface area contributed by atoms with Crippen LogP contribution in [0.4, 0.5) is 5.69 Å². The van der Waals surface area contributed by atoms with Crippen molar-refractivity contribution in [1.82, 2.24) is 0 Å². The van der Waals surface area contributed by atoms with Crippen LogP contribution >= 0.6 is 0 Å². The highest BCUT2D eigenvalue weighted by Crippen LogP contribution is 2.09. The summed E-state index contributed by atoms with van der Waals surface area (Å²) in [5.41, 5.74) is 3.70. The Kier molecular flexibility index (Phi) is 3.56. The highest BCUT2D eigenvalue weighted by atomic mass is 14.9. The molecule has 0 aromatic heterocycles. The molecule has 0 aliphatic heterocycles. The second-order valence-corrected chi connectivity index (χ2v) is 3.36. The van der Waals surface area contributed by atoms with E-state index < -0.39 is 0 Å². The summed E-state index contributed by atoms with van der Waals surface area (Å²) in [4.78, 5) is 0. The van der Waals surface area contributed by atoms with Gasteiger partial charge in [0, 0.05) is 12.2 Å². The summed E-state index contributed by atoms with van der Waals surface area (Å²) >= 11 is 0. The summed E-state index contributed by atoms with van der Waals surface area (Å²) in [6.07, 6.45) is 1.10. The Hall–Kier alpha value is -1.24. The first-order valence-corrected chi connectivity index (χ1v) is 4.69. The molecule has 0 unspecified atom stereocenters. The van der Waals surface area contributed by atoms with E-state index in [1.165, 1.54) is 11.3 Å². The number of rotatable bonds is 4. The lowest BCUT2D eigenvalue weighted by Crippen LogP contribution is -2.01. The first-order chi connectivity index (χ1) is 6.22. The third-order valence-electron chi connectivity index (χ3n) is 1.96. The normalized spacial score (nSPS) is 9.69. The third kappa shape index (κ3) is 3.32. The van der Waals surface area contributed by atoms with E-state index in [4.69, 9.17) is 0 Å². The fourth-order valence-electron chi connectivity index (χ4n) is 1.11. The van der Waals surface area contributed by atoms with Gasteiger partial charge < -0.3 is 5.32 Å². The van der Waals surface area contributed by atoms with Gasteiger partial charge in [-0.25, -0.2) is 0 Å². The van der Waals surface area contributed by atoms with Crippen LogP contribution in [0, 0.1) is 0 Å². The van der Waals surface area contributed by atoms with Gasteiger partial charge in [-0.2, -0.15) is 0 Å². The predicted octanol–water partition coefficient (Wildman–Crippen LogP) is 3.24. The van der Waals surface area contributed by atoms with E-state index in [0.717, 1.165) is 18.5 Å². The number of benzene rings is 1. The fraction of sp³-hybridized carbons (Fsp3) is 0.333. The van der Waals surface area contributed by atoms with E-state index in [9.17, 15) is 0 Å². The molecule has 0 heterocycles. The molecule has 0 aliphatic carbocycles. The molecule has 0 fully saturated rings. The largest absolute Gasteiger partial charge is 0.381 e. The van der Waals surface area contributed by atoms with E-state index >= 15 is 0 Å². The molecule has 0 bridgehead atoms. The lowest BCUT2D eigenvalue weighted by Gasteiger charge is -2.06. The zero-order valence-corrected chi connectivity index (χ0v) is 8.43. The Labute approximate surface area is 80.5 Å². The molecule has 1 N–H and O–H groups in total. The van der Waals surface area contributed by atoms with E-state index in [0.29, 0.717) is 0 Å². The lowest BCUT2D eigenvalue weighted by molar-refractivity contribution is 1.14. The average Bonchev–Trinajstić information content (AvgIpc) is 2.15. The minimum absolute atomic E-state index is 0.853. The van der Waals surface area contributed by atoms with Gasteiger partial charge in [0.15, 0.2) is 0 Å². The van der Waals surface area contributed by atoms with Gasteiger partial charge in [-0.3, -0.25) is 0 Å². The van der Waals surface area contributed by atoms with Crippen molar-refractivity contribution in [2.75, 3.05) is 11.9 Å². The van der Waals surface area contributed by atoms with Crippen LogP contribution in [0.5, 0.6) is 0 Å². The fourth-order valence-corrected chi connectivity index (χ4v) is 1.11. The Balaban J connectivity index is 2.54. The van der Waals surface area contributed by atoms with Crippen LogP contribution in [0.2, 0.25) is 0 Å². The molecule has 0 saturated heterocycles. The highest BCUT2D eigenvalue weighted by molar-refractivity contribution is 5.45. The zero-order valence-electron chi connectivity index (χ0n) is 8.43. The van der Waals surface area contributed by atoms with Gasteiger partial charge in [-0.1, -0.05) is 31.2 Å². The Morgan fingerprint density at radius 3 is 2.38 bits per heavy atom. The van der Waals surface area contributed by atoms with Gasteiger partial charge >= 0.3 is 0 Å². The zero-order chi connectivity index (χ0) is 9.68. The van der Waals surface area contributed by atoms with Crippen molar-refractivity contribution in [2.24, 2.45) is 0 Å². The maximum atomic E-state index is 3.84. The number of hydrogen-bond donors (Lipinski definition) is 1. The molecular formula is C12H17N. The number of anilines is 1. The number of nitrogens with one attached hydrogen (secondary N) is 1. The summed E-state index contributed by atoms with van der Waals surface area (Å²) < 4.78 is 0. The molecule has 1 heteroatoms. The second kappa shape index (κ2) is 4.70. The quantitative estimate of drug-likeness (QED) is 0.693. The van der Waals surface area contributed by atoms with Gasteiger partial charge in [0.05, 0.1) is 0 Å². The highest BCUT2D eigenvalue weighted by Gasteiger charge is 1.91. The molecular weight excluding hydrogens is 158 g/mol. The van der Waals surface area contributed by atoms with Gasteiger partial charge in [-0.05, 0) is 31.0 Å². The molecule has 1 nitrogen and oxygen atoms in total. The van der Waals surface area contributed by atoms with Crippen molar-refractivity contribution in [3.63, 3.8) is 0 Å². The summed E-state index contributed by atoms with van der Waals surface area (Å²) in [6.45, 7) is 8.88. The maximum Gasteiger partial charge on any atom is 0.0354 e. The summed E-state index contributed by atoms with van der Waals surface area (Å²) in [6, 6.07) is 8.53. The van der Waals surface area contributed by atoms with Crippen molar-refractivity contribution in [3.8, 4) is 0 Å². The molecule has 1 aromatic carbocycles. The first kappa shape index (κ1) is 9.85. The van der Waals surface area contributed by atoms with Crippen molar-refractivity contribution < 1.29 is 0 Å². The molecule has 0 spiro atoms. The Morgan fingerprint density at radius 2 is 1.92 bits per heavy atom. The standard InChI is InChI=1S/C12H17N/c1-4-11-5-7-12(8-6-11)13-9-10(2)3/h5-8,13H,2,4,9H2,1,3H3. The number of aryl methyl sites for hydroxylation is 1. The SMILES string of the molecule is C=C(C)CNc1ccc(CC)cc1. The van der Waals surface area contributed by atoms with Crippen molar-refractivity contribution in [1.29, 1.82) is 0 Å². The monoisotopic (exact) mass is 175 g/mol. The molecule has 70 valence electrons. The van der Waals surface area contributed by atoms with Crippen molar-refractivity contribution >= 4 is 5.69 Å². The molecule has 0 saturated carbocycles. The molecule has 0 atom stereocenters. The van der Waals surface area contributed by atoms with E-state index in [2.05, 4.69) is 43.1 Å². The van der Waals surface area contributed by atoms with Crippen LogP contribution < -0.4 is 5.32 Å². The molecule has 1 rings (SSSR count). The lowest BCUT2D eigenvalue weighted by atomic mass is 10.1. The molecule has 1 aromatic rings. The van der Waals surface area contributed by atoms with Crippen LogP contribution in [0.15, 0.2) is 36.4 Å². The van der Waals surface area contributed by atoms with Crippen LogP contribution in [0.25, 0.3) is 0 Å². The molecule has 0 radical (unpaired) electrons. The van der Waals surface area contributed by atoms with Gasteiger partial charge in [-0.15, -0.1) is 0 Å². The Bertz CT molecular complexity index is 272. The van der Waals surface area contributed by atoms with Gasteiger partial charge in [0.25, 0.3) is 0 Å². The van der Waals surface area contributed by atoms with Gasteiger partial charge in [0.2, 0.25) is 0 Å². The summed E-state index contributed by atoms with van der Waals surface area (Å²) in [7, 11) is 0. The van der Waals surface area contributed by atoms with Crippen molar-refractivity contribution in [2.45, 2.75) is 20.3 Å². The minimum atomic E-state index is 0.853. The van der Waals surface area contributed by atoms with Crippen LogP contribution in [-0.4, -0.2) is 6.54 Å². The topological polar surface area (TPSA) is 12.0 Å². The van der Waals surface area contributed by atoms with E-state index in [1.807, 2.05) is 6.92 Å². The van der Waals surface area contributed by atoms with Crippen molar-refractivity contribution in [3.05, 3.63) is 42.0 Å². The van der Waals surface area contributed by atoms with E-state index in [-0.39, 0.29) is 0 Å². The van der Waals surface area contributed by atoms with Crippen LogP contribution in [0.1, 0.15) is 19.4 Å². The Morgan fingerprint density at radius 1 is 1.31 bits per heavy atom. The summed E-state index contributed by atoms with van der Waals surface area (Å²) in [5, 5.41) is 3.30. The van der Waals surface area contributed by atoms with E-state index in [1.54, 1.807) is 0 Å². The minimum Gasteiger partial charge on any atom is -0.381 e. The van der Waals surface area contributed by atoms with Gasteiger partial charge in [0.1, 0.15) is 0 Å². The van der Waals surface area contributed by atoms with Crippen LogP contribution in [0.3, 0.4) is 0 Å². The molecule has 13 heavy (non-hydrogen) atoms.